The summed E-state index contributed by atoms with van der Waals surface area (Å²) in [6.07, 6.45) is 6.39. The molecule has 100 valence electrons. The molecule has 18 heavy (non-hydrogen) atoms. The van der Waals surface area contributed by atoms with E-state index in [0.29, 0.717) is 5.92 Å². The van der Waals surface area contributed by atoms with Crippen LogP contribution in [0.25, 0.3) is 0 Å². The summed E-state index contributed by atoms with van der Waals surface area (Å²) in [4.78, 5) is 9.02. The molecule has 1 aromatic rings. The highest BCUT2D eigenvalue weighted by Gasteiger charge is 2.27. The van der Waals surface area contributed by atoms with Gasteiger partial charge in [0.15, 0.2) is 0 Å². The van der Waals surface area contributed by atoms with Gasteiger partial charge in [-0.1, -0.05) is 13.3 Å². The Kier molecular flexibility index (Phi) is 4.66. The SMILES string of the molecule is CCC1CCC(c2nccc(C(OC)OC)n2)C1. The third-order valence-electron chi connectivity index (χ3n) is 3.85. The maximum atomic E-state index is 5.23. The molecule has 0 radical (unpaired) electrons. The fraction of sp³-hybridized carbons (Fsp3) is 0.714. The molecule has 4 nitrogen and oxygen atoms in total. The van der Waals surface area contributed by atoms with Gasteiger partial charge in [-0.25, -0.2) is 9.97 Å². The van der Waals surface area contributed by atoms with Crippen LogP contribution in [0.5, 0.6) is 0 Å². The summed E-state index contributed by atoms with van der Waals surface area (Å²) in [5, 5.41) is 0. The number of nitrogens with zero attached hydrogens (tertiary/aromatic N) is 2. The van der Waals surface area contributed by atoms with Gasteiger partial charge in [-0.05, 0) is 31.2 Å². The average Bonchev–Trinajstić information content (AvgIpc) is 2.89. The number of hydrogen-bond acceptors (Lipinski definition) is 4. The minimum absolute atomic E-state index is 0.393. The lowest BCUT2D eigenvalue weighted by atomic mass is 10.0. The van der Waals surface area contributed by atoms with Crippen LogP contribution in [0.15, 0.2) is 12.3 Å². The van der Waals surface area contributed by atoms with Gasteiger partial charge in [0.25, 0.3) is 0 Å². The zero-order valence-electron chi connectivity index (χ0n) is 11.4. The number of methoxy groups -OCH3 is 2. The van der Waals surface area contributed by atoms with Crippen LogP contribution in [0.1, 0.15) is 56.3 Å². The summed E-state index contributed by atoms with van der Waals surface area (Å²) in [5.41, 5.74) is 0.810. The second kappa shape index (κ2) is 6.25. The molecule has 1 aliphatic rings. The molecule has 2 unspecified atom stereocenters. The lowest BCUT2D eigenvalue weighted by Crippen LogP contribution is -2.10. The number of hydrogen-bond donors (Lipinski definition) is 0. The Bertz CT molecular complexity index is 380. The topological polar surface area (TPSA) is 44.2 Å². The van der Waals surface area contributed by atoms with E-state index >= 15 is 0 Å². The van der Waals surface area contributed by atoms with Gasteiger partial charge < -0.3 is 9.47 Å². The minimum atomic E-state index is -0.393. The first-order chi connectivity index (χ1) is 8.78. The van der Waals surface area contributed by atoms with E-state index in [9.17, 15) is 0 Å². The van der Waals surface area contributed by atoms with Gasteiger partial charge in [-0.15, -0.1) is 0 Å². The lowest BCUT2D eigenvalue weighted by Gasteiger charge is -2.15. The molecular formula is C14H22N2O2. The predicted molar refractivity (Wildman–Crippen MR) is 69.2 cm³/mol. The van der Waals surface area contributed by atoms with Gasteiger partial charge >= 0.3 is 0 Å². The van der Waals surface area contributed by atoms with Gasteiger partial charge in [0.05, 0.1) is 5.69 Å². The molecular weight excluding hydrogens is 228 g/mol. The average molecular weight is 250 g/mol. The van der Waals surface area contributed by atoms with Crippen LogP contribution in [-0.4, -0.2) is 24.2 Å². The summed E-state index contributed by atoms with van der Waals surface area (Å²) in [6, 6.07) is 1.85. The summed E-state index contributed by atoms with van der Waals surface area (Å²) in [5.74, 6) is 2.29. The Balaban J connectivity index is 2.12. The molecule has 0 aliphatic heterocycles. The highest BCUT2D eigenvalue weighted by Crippen LogP contribution is 2.38. The van der Waals surface area contributed by atoms with Crippen LogP contribution in [0.2, 0.25) is 0 Å². The van der Waals surface area contributed by atoms with Crippen molar-refractivity contribution in [3.8, 4) is 0 Å². The zero-order valence-corrected chi connectivity index (χ0v) is 11.4. The molecule has 0 N–H and O–H groups in total. The van der Waals surface area contributed by atoms with Crippen LogP contribution >= 0.6 is 0 Å². The van der Waals surface area contributed by atoms with Crippen molar-refractivity contribution in [3.63, 3.8) is 0 Å². The molecule has 1 heterocycles. The highest BCUT2D eigenvalue weighted by molar-refractivity contribution is 5.08. The molecule has 1 fully saturated rings. The summed E-state index contributed by atoms with van der Waals surface area (Å²) < 4.78 is 10.5. The fourth-order valence-corrected chi connectivity index (χ4v) is 2.73. The third-order valence-corrected chi connectivity index (χ3v) is 3.85. The molecule has 0 amide bonds. The maximum absolute atomic E-state index is 5.23. The molecule has 0 spiro atoms. The highest BCUT2D eigenvalue weighted by atomic mass is 16.7. The molecule has 2 rings (SSSR count). The largest absolute Gasteiger partial charge is 0.350 e. The van der Waals surface area contributed by atoms with E-state index in [0.717, 1.165) is 17.4 Å². The summed E-state index contributed by atoms with van der Waals surface area (Å²) >= 11 is 0. The van der Waals surface area contributed by atoms with Crippen molar-refractivity contribution in [2.75, 3.05) is 14.2 Å². The summed E-state index contributed by atoms with van der Waals surface area (Å²) in [7, 11) is 3.25. The van der Waals surface area contributed by atoms with Gasteiger partial charge in [0, 0.05) is 26.3 Å². The Morgan fingerprint density at radius 2 is 2.11 bits per heavy atom. The molecule has 0 saturated heterocycles. The first kappa shape index (κ1) is 13.4. The van der Waals surface area contributed by atoms with E-state index in [4.69, 9.17) is 9.47 Å². The van der Waals surface area contributed by atoms with Gasteiger partial charge in [0.2, 0.25) is 6.29 Å². The van der Waals surface area contributed by atoms with Crippen molar-refractivity contribution in [2.24, 2.45) is 5.92 Å². The van der Waals surface area contributed by atoms with Gasteiger partial charge in [-0.3, -0.25) is 0 Å². The smallest absolute Gasteiger partial charge is 0.200 e. The van der Waals surface area contributed by atoms with E-state index in [1.807, 2.05) is 12.3 Å². The van der Waals surface area contributed by atoms with Crippen molar-refractivity contribution >= 4 is 0 Å². The second-order valence-corrected chi connectivity index (χ2v) is 4.93. The molecule has 1 saturated carbocycles. The van der Waals surface area contributed by atoms with Crippen LogP contribution < -0.4 is 0 Å². The molecule has 2 atom stereocenters. The van der Waals surface area contributed by atoms with E-state index in [2.05, 4.69) is 16.9 Å². The standard InChI is InChI=1S/C14H22N2O2/c1-4-10-5-6-11(9-10)13-15-8-7-12(16-13)14(17-2)18-3/h7-8,10-11,14H,4-6,9H2,1-3H3. The first-order valence-electron chi connectivity index (χ1n) is 6.66. The van der Waals surface area contributed by atoms with Crippen molar-refractivity contribution in [3.05, 3.63) is 23.8 Å². The van der Waals surface area contributed by atoms with Crippen LogP contribution in [-0.2, 0) is 9.47 Å². The zero-order chi connectivity index (χ0) is 13.0. The van der Waals surface area contributed by atoms with Crippen molar-refractivity contribution in [2.45, 2.75) is 44.8 Å². The number of ether oxygens (including phenoxy) is 2. The molecule has 0 aromatic carbocycles. The molecule has 1 aromatic heterocycles. The van der Waals surface area contributed by atoms with E-state index in [1.165, 1.54) is 25.7 Å². The maximum Gasteiger partial charge on any atom is 0.200 e. The Morgan fingerprint density at radius 1 is 1.33 bits per heavy atom. The molecule has 0 bridgehead atoms. The molecule has 4 heteroatoms. The van der Waals surface area contributed by atoms with Crippen LogP contribution in [0, 0.1) is 5.92 Å². The fourth-order valence-electron chi connectivity index (χ4n) is 2.73. The van der Waals surface area contributed by atoms with Crippen molar-refractivity contribution in [1.82, 2.24) is 9.97 Å². The third kappa shape index (κ3) is 2.87. The first-order valence-corrected chi connectivity index (χ1v) is 6.66. The van der Waals surface area contributed by atoms with E-state index in [-0.39, 0.29) is 0 Å². The van der Waals surface area contributed by atoms with Crippen molar-refractivity contribution in [1.29, 1.82) is 0 Å². The Hall–Kier alpha value is -1.00. The van der Waals surface area contributed by atoms with E-state index in [1.54, 1.807) is 14.2 Å². The van der Waals surface area contributed by atoms with E-state index < -0.39 is 6.29 Å². The predicted octanol–water partition coefficient (Wildman–Crippen LogP) is 3.06. The van der Waals surface area contributed by atoms with Gasteiger partial charge in [0.1, 0.15) is 5.82 Å². The Labute approximate surface area is 109 Å². The molecule has 1 aliphatic carbocycles. The number of rotatable bonds is 5. The Morgan fingerprint density at radius 3 is 2.72 bits per heavy atom. The second-order valence-electron chi connectivity index (χ2n) is 4.93. The van der Waals surface area contributed by atoms with Crippen LogP contribution in [0.3, 0.4) is 0 Å². The summed E-state index contributed by atoms with van der Waals surface area (Å²) in [6.45, 7) is 2.26. The van der Waals surface area contributed by atoms with Gasteiger partial charge in [-0.2, -0.15) is 0 Å². The van der Waals surface area contributed by atoms with Crippen LogP contribution in [0.4, 0.5) is 0 Å². The minimum Gasteiger partial charge on any atom is -0.350 e. The van der Waals surface area contributed by atoms with Crippen molar-refractivity contribution < 1.29 is 9.47 Å². The monoisotopic (exact) mass is 250 g/mol. The quantitative estimate of drug-likeness (QED) is 0.753. The lowest BCUT2D eigenvalue weighted by molar-refractivity contribution is -0.108. The normalized spacial score (nSPS) is 23.8. The number of aromatic nitrogens is 2.